The maximum absolute atomic E-state index is 13.2. The summed E-state index contributed by atoms with van der Waals surface area (Å²) in [5, 5.41) is 0. The van der Waals surface area contributed by atoms with Crippen LogP contribution in [0, 0.1) is 11.6 Å². The smallest absolute Gasteiger partial charge is 0.123 e. The highest BCUT2D eigenvalue weighted by molar-refractivity contribution is 5.79. The summed E-state index contributed by atoms with van der Waals surface area (Å²) in [4.78, 5) is 0. The zero-order valence-electron chi connectivity index (χ0n) is 13.0. The molecule has 0 heterocycles. The van der Waals surface area contributed by atoms with Crippen LogP contribution in [0.4, 0.5) is 8.78 Å². The predicted molar refractivity (Wildman–Crippen MR) is 97.1 cm³/mol. The van der Waals surface area contributed by atoms with Gasteiger partial charge in [0, 0.05) is 0 Å². The molecule has 118 valence electrons. The largest absolute Gasteiger partial charge is 0.207 e. The summed E-state index contributed by atoms with van der Waals surface area (Å²) in [6.07, 6.45) is 7.63. The lowest BCUT2D eigenvalue weighted by Crippen LogP contribution is -1.81. The van der Waals surface area contributed by atoms with Crippen molar-refractivity contribution in [2.45, 2.75) is 0 Å². The van der Waals surface area contributed by atoms with E-state index >= 15 is 0 Å². The molecular weight excluding hydrogens is 302 g/mol. The summed E-state index contributed by atoms with van der Waals surface area (Å²) in [7, 11) is 0. The molecule has 0 saturated carbocycles. The van der Waals surface area contributed by atoms with Crippen molar-refractivity contribution >= 4 is 24.3 Å². The van der Waals surface area contributed by atoms with Crippen molar-refractivity contribution in [1.82, 2.24) is 0 Å². The van der Waals surface area contributed by atoms with Crippen molar-refractivity contribution in [3.05, 3.63) is 107 Å². The van der Waals surface area contributed by atoms with Gasteiger partial charge in [-0.2, -0.15) is 0 Å². The van der Waals surface area contributed by atoms with E-state index in [2.05, 4.69) is 0 Å². The summed E-state index contributed by atoms with van der Waals surface area (Å²) >= 11 is 0. The standard InChI is InChI=1S/C22H16F2/c23-21-9-3-5-17(15-21)11-13-19-7-1-2-8-20(19)14-12-18-6-4-10-22(24)16-18/h1-16H. The van der Waals surface area contributed by atoms with Gasteiger partial charge in [0.15, 0.2) is 0 Å². The molecule has 0 fully saturated rings. The van der Waals surface area contributed by atoms with Crippen LogP contribution in [0.25, 0.3) is 24.3 Å². The van der Waals surface area contributed by atoms with E-state index < -0.39 is 0 Å². The van der Waals surface area contributed by atoms with Crippen molar-refractivity contribution in [2.75, 3.05) is 0 Å². The second-order valence-corrected chi connectivity index (χ2v) is 5.41. The molecule has 3 rings (SSSR count). The monoisotopic (exact) mass is 318 g/mol. The van der Waals surface area contributed by atoms with Crippen LogP contribution in [0.1, 0.15) is 22.3 Å². The second kappa shape index (κ2) is 7.51. The third-order valence-electron chi connectivity index (χ3n) is 3.60. The van der Waals surface area contributed by atoms with Crippen LogP contribution in [-0.2, 0) is 0 Å². The molecule has 0 unspecified atom stereocenters. The summed E-state index contributed by atoms with van der Waals surface area (Å²) in [5.74, 6) is -0.507. The van der Waals surface area contributed by atoms with Gasteiger partial charge >= 0.3 is 0 Å². The predicted octanol–water partition coefficient (Wildman–Crippen LogP) is 6.31. The van der Waals surface area contributed by atoms with E-state index in [4.69, 9.17) is 0 Å². The van der Waals surface area contributed by atoms with Gasteiger partial charge in [0.1, 0.15) is 11.6 Å². The minimum atomic E-state index is -0.253. The molecule has 24 heavy (non-hydrogen) atoms. The van der Waals surface area contributed by atoms with Crippen molar-refractivity contribution < 1.29 is 8.78 Å². The molecule has 0 aliphatic rings. The van der Waals surface area contributed by atoms with Crippen molar-refractivity contribution in [2.24, 2.45) is 0 Å². The normalized spacial score (nSPS) is 11.4. The zero-order valence-corrected chi connectivity index (χ0v) is 13.0. The Labute approximate surface area is 140 Å². The highest BCUT2D eigenvalue weighted by Crippen LogP contribution is 2.17. The Morgan fingerprint density at radius 3 is 1.38 bits per heavy atom. The van der Waals surface area contributed by atoms with Gasteiger partial charge in [0.2, 0.25) is 0 Å². The lowest BCUT2D eigenvalue weighted by atomic mass is 10.0. The van der Waals surface area contributed by atoms with Crippen LogP contribution in [0.15, 0.2) is 72.8 Å². The molecular formula is C22H16F2. The van der Waals surface area contributed by atoms with Gasteiger partial charge in [-0.15, -0.1) is 0 Å². The number of benzene rings is 3. The highest BCUT2D eigenvalue weighted by atomic mass is 19.1. The molecule has 0 nitrogen and oxygen atoms in total. The Kier molecular flexibility index (Phi) is 4.97. The van der Waals surface area contributed by atoms with Crippen molar-refractivity contribution in [3.8, 4) is 0 Å². The quantitative estimate of drug-likeness (QED) is 0.495. The molecule has 0 atom stereocenters. The molecule has 0 aliphatic heterocycles. The minimum Gasteiger partial charge on any atom is -0.207 e. The van der Waals surface area contributed by atoms with E-state index in [-0.39, 0.29) is 11.6 Å². The van der Waals surface area contributed by atoms with Crippen LogP contribution in [-0.4, -0.2) is 0 Å². The number of halogens is 2. The van der Waals surface area contributed by atoms with Crippen LogP contribution in [0.2, 0.25) is 0 Å². The van der Waals surface area contributed by atoms with Crippen LogP contribution < -0.4 is 0 Å². The Hall–Kier alpha value is -3.00. The molecule has 0 amide bonds. The van der Waals surface area contributed by atoms with Crippen LogP contribution in [0.3, 0.4) is 0 Å². The van der Waals surface area contributed by atoms with Crippen LogP contribution in [0.5, 0.6) is 0 Å². The third-order valence-corrected chi connectivity index (χ3v) is 3.60. The molecule has 0 aromatic heterocycles. The molecule has 0 spiro atoms. The first-order valence-corrected chi connectivity index (χ1v) is 7.67. The summed E-state index contributed by atoms with van der Waals surface area (Å²) in [5.41, 5.74) is 3.63. The van der Waals surface area contributed by atoms with Gasteiger partial charge < -0.3 is 0 Å². The lowest BCUT2D eigenvalue weighted by molar-refractivity contribution is 0.627. The fourth-order valence-corrected chi connectivity index (χ4v) is 2.41. The molecule has 0 saturated heterocycles. The third kappa shape index (κ3) is 4.26. The van der Waals surface area contributed by atoms with E-state index in [9.17, 15) is 8.78 Å². The first kappa shape index (κ1) is 15.9. The number of hydrogen-bond donors (Lipinski definition) is 0. The topological polar surface area (TPSA) is 0 Å². The zero-order chi connectivity index (χ0) is 16.8. The maximum atomic E-state index is 13.2. The average Bonchev–Trinajstić information content (AvgIpc) is 2.59. The number of hydrogen-bond acceptors (Lipinski definition) is 0. The molecule has 2 heteroatoms. The first-order chi connectivity index (χ1) is 11.7. The van der Waals surface area contributed by atoms with Gasteiger partial charge in [-0.3, -0.25) is 0 Å². The Bertz CT molecular complexity index is 817. The van der Waals surface area contributed by atoms with E-state index in [1.54, 1.807) is 12.1 Å². The van der Waals surface area contributed by atoms with E-state index in [0.717, 1.165) is 22.3 Å². The van der Waals surface area contributed by atoms with Gasteiger partial charge in [0.05, 0.1) is 0 Å². The van der Waals surface area contributed by atoms with E-state index in [1.165, 1.54) is 24.3 Å². The Morgan fingerprint density at radius 2 is 0.958 bits per heavy atom. The maximum Gasteiger partial charge on any atom is 0.123 e. The second-order valence-electron chi connectivity index (χ2n) is 5.41. The van der Waals surface area contributed by atoms with Crippen molar-refractivity contribution in [3.63, 3.8) is 0 Å². The lowest BCUT2D eigenvalue weighted by Gasteiger charge is -2.01. The first-order valence-electron chi connectivity index (χ1n) is 7.67. The molecule has 3 aromatic rings. The summed E-state index contributed by atoms with van der Waals surface area (Å²) in [6, 6.07) is 20.8. The molecule has 3 aromatic carbocycles. The SMILES string of the molecule is Fc1cccc(C=Cc2ccccc2C=Cc2cccc(F)c2)c1. The Morgan fingerprint density at radius 1 is 0.500 bits per heavy atom. The summed E-state index contributed by atoms with van der Waals surface area (Å²) < 4.78 is 26.5. The Balaban J connectivity index is 1.85. The molecule has 0 bridgehead atoms. The average molecular weight is 318 g/mol. The molecule has 0 aliphatic carbocycles. The van der Waals surface area contributed by atoms with E-state index in [0.29, 0.717) is 0 Å². The molecule has 0 radical (unpaired) electrons. The van der Waals surface area contributed by atoms with Gasteiger partial charge in [-0.1, -0.05) is 72.8 Å². The van der Waals surface area contributed by atoms with Crippen LogP contribution >= 0.6 is 0 Å². The van der Waals surface area contributed by atoms with E-state index in [1.807, 2.05) is 60.7 Å². The van der Waals surface area contributed by atoms with Crippen molar-refractivity contribution in [1.29, 1.82) is 0 Å². The van der Waals surface area contributed by atoms with Gasteiger partial charge in [-0.05, 0) is 46.5 Å². The molecule has 0 N–H and O–H groups in total. The minimum absolute atomic E-state index is 0.253. The number of rotatable bonds is 4. The fraction of sp³-hybridized carbons (Fsp3) is 0. The van der Waals surface area contributed by atoms with Gasteiger partial charge in [0.25, 0.3) is 0 Å². The fourth-order valence-electron chi connectivity index (χ4n) is 2.41. The van der Waals surface area contributed by atoms with Gasteiger partial charge in [-0.25, -0.2) is 8.78 Å². The summed E-state index contributed by atoms with van der Waals surface area (Å²) in [6.45, 7) is 0. The highest BCUT2D eigenvalue weighted by Gasteiger charge is 1.96.